The highest BCUT2D eigenvalue weighted by molar-refractivity contribution is 5.91. The Morgan fingerprint density at radius 3 is 2.50 bits per heavy atom. The van der Waals surface area contributed by atoms with Gasteiger partial charge in [0.25, 0.3) is 0 Å². The lowest BCUT2D eigenvalue weighted by molar-refractivity contribution is -0.192. The second kappa shape index (κ2) is 12.1. The third-order valence-corrected chi connectivity index (χ3v) is 7.30. The summed E-state index contributed by atoms with van der Waals surface area (Å²) in [5, 5.41) is 6.04. The number of amides is 4. The zero-order chi connectivity index (χ0) is 27.2. The van der Waals surface area contributed by atoms with E-state index < -0.39 is 12.2 Å². The number of hydrogen-bond acceptors (Lipinski definition) is 4. The first kappa shape index (κ1) is 27.1. The molecule has 0 aromatic heterocycles. The third-order valence-electron chi connectivity index (χ3n) is 7.30. The molecule has 0 bridgehead atoms. The Kier molecular flexibility index (Phi) is 8.64. The molecule has 1 unspecified atom stereocenters. The van der Waals surface area contributed by atoms with E-state index >= 15 is 0 Å². The monoisotopic (exact) mass is 519 g/mol. The van der Waals surface area contributed by atoms with Crippen LogP contribution in [0.5, 0.6) is 0 Å². The Morgan fingerprint density at radius 1 is 1.13 bits per heavy atom. The topological polar surface area (TPSA) is 76.2 Å². The molecule has 2 heterocycles. The molecule has 2 aliphatic rings. The number of terminal acetylenes is 1. The second-order valence-electron chi connectivity index (χ2n) is 9.79. The van der Waals surface area contributed by atoms with Crippen molar-refractivity contribution < 1.29 is 18.8 Å². The van der Waals surface area contributed by atoms with Crippen molar-refractivity contribution in [1.82, 2.24) is 25.1 Å². The van der Waals surface area contributed by atoms with Crippen molar-refractivity contribution in [2.24, 2.45) is 5.92 Å². The normalized spacial score (nSPS) is 20.6. The van der Waals surface area contributed by atoms with Crippen LogP contribution in [0.1, 0.15) is 31.4 Å². The summed E-state index contributed by atoms with van der Waals surface area (Å²) in [5.41, 5.74) is 1.83. The van der Waals surface area contributed by atoms with Crippen LogP contribution in [-0.4, -0.2) is 76.0 Å². The van der Waals surface area contributed by atoms with E-state index in [-0.39, 0.29) is 49.2 Å². The molecule has 0 aliphatic carbocycles. The van der Waals surface area contributed by atoms with Crippen molar-refractivity contribution in [3.8, 4) is 12.3 Å². The fourth-order valence-corrected chi connectivity index (χ4v) is 5.10. The number of benzene rings is 2. The summed E-state index contributed by atoms with van der Waals surface area (Å²) in [4.78, 5) is 44.0. The quantitative estimate of drug-likeness (QED) is 0.545. The van der Waals surface area contributed by atoms with Gasteiger partial charge >= 0.3 is 6.03 Å². The molecule has 38 heavy (non-hydrogen) atoms. The number of halogens is 1. The SMILES string of the molecule is C#CCN1CC(=O)N2[C@@H](C(C)CC)C(=O)N(CCc3ccc(F)cc3)C[C@@H]2N1C(=O)NCc1ccccc1. The average Bonchev–Trinajstić information content (AvgIpc) is 2.92. The van der Waals surface area contributed by atoms with Gasteiger partial charge in [0.05, 0.1) is 19.6 Å². The minimum absolute atomic E-state index is 0.0758. The molecule has 2 aromatic carbocycles. The maximum atomic E-state index is 13.7. The molecule has 1 N–H and O–H groups in total. The molecule has 2 fully saturated rings. The van der Waals surface area contributed by atoms with E-state index in [4.69, 9.17) is 6.42 Å². The Hall–Kier alpha value is -3.90. The van der Waals surface area contributed by atoms with Gasteiger partial charge in [-0.1, -0.05) is 68.7 Å². The van der Waals surface area contributed by atoms with E-state index in [0.717, 1.165) is 11.1 Å². The fourth-order valence-electron chi connectivity index (χ4n) is 5.10. The van der Waals surface area contributed by atoms with Gasteiger partial charge in [0.15, 0.2) is 0 Å². The fraction of sp³-hybridized carbons (Fsp3) is 0.414. The summed E-state index contributed by atoms with van der Waals surface area (Å²) in [6.07, 6.45) is 6.11. The van der Waals surface area contributed by atoms with Crippen molar-refractivity contribution in [3.63, 3.8) is 0 Å². The number of rotatable bonds is 8. The van der Waals surface area contributed by atoms with Gasteiger partial charge in [-0.15, -0.1) is 6.42 Å². The Bertz CT molecular complexity index is 1180. The number of piperazine rings is 1. The van der Waals surface area contributed by atoms with Crippen LogP contribution >= 0.6 is 0 Å². The van der Waals surface area contributed by atoms with Gasteiger partial charge < -0.3 is 15.1 Å². The molecule has 9 heteroatoms. The number of carbonyl (C=O) groups is 3. The molecule has 200 valence electrons. The first-order chi connectivity index (χ1) is 18.3. The maximum absolute atomic E-state index is 13.7. The van der Waals surface area contributed by atoms with E-state index in [2.05, 4.69) is 11.2 Å². The standard InChI is InChI=1S/C29H34FN5O3/c1-4-16-33-20-26(36)34-25(35(33)29(38)31-18-23-9-7-6-8-10-23)19-32(28(37)27(34)21(3)5-2)17-15-22-11-13-24(30)14-12-22/h1,6-14,21,25,27H,5,15-20H2,2-3H3,(H,31,38)/t21?,25-,27-/m0/s1. The molecular weight excluding hydrogens is 485 g/mol. The minimum atomic E-state index is -0.703. The van der Waals surface area contributed by atoms with Crippen LogP contribution in [0.15, 0.2) is 54.6 Å². The molecule has 8 nitrogen and oxygen atoms in total. The Balaban J connectivity index is 1.62. The van der Waals surface area contributed by atoms with Crippen LogP contribution < -0.4 is 5.32 Å². The molecule has 2 saturated heterocycles. The number of fused-ring (bicyclic) bond motifs is 1. The van der Waals surface area contributed by atoms with E-state index in [9.17, 15) is 18.8 Å². The summed E-state index contributed by atoms with van der Waals surface area (Å²) < 4.78 is 13.4. The first-order valence-electron chi connectivity index (χ1n) is 13.0. The van der Waals surface area contributed by atoms with Crippen LogP contribution in [0.3, 0.4) is 0 Å². The number of hydrazine groups is 1. The van der Waals surface area contributed by atoms with Crippen LogP contribution in [0.4, 0.5) is 9.18 Å². The number of carbonyl (C=O) groups excluding carboxylic acids is 3. The lowest BCUT2D eigenvalue weighted by atomic mass is 9.92. The van der Waals surface area contributed by atoms with Crippen LogP contribution in [-0.2, 0) is 22.6 Å². The van der Waals surface area contributed by atoms with E-state index in [0.29, 0.717) is 25.9 Å². The maximum Gasteiger partial charge on any atom is 0.334 e. The number of urea groups is 1. The summed E-state index contributed by atoms with van der Waals surface area (Å²) in [6.45, 7) is 4.76. The van der Waals surface area contributed by atoms with Gasteiger partial charge in [-0.2, -0.15) is 5.01 Å². The molecule has 0 saturated carbocycles. The predicted molar refractivity (Wildman–Crippen MR) is 141 cm³/mol. The van der Waals surface area contributed by atoms with E-state index in [1.54, 1.807) is 26.9 Å². The van der Waals surface area contributed by atoms with Crippen molar-refractivity contribution in [2.45, 2.75) is 45.4 Å². The summed E-state index contributed by atoms with van der Waals surface area (Å²) in [5.74, 6) is 1.75. The largest absolute Gasteiger partial charge is 0.337 e. The molecular formula is C29H34FN5O3. The molecule has 0 spiro atoms. The second-order valence-corrected chi connectivity index (χ2v) is 9.79. The molecule has 4 rings (SSSR count). The van der Waals surface area contributed by atoms with Crippen molar-refractivity contribution >= 4 is 17.8 Å². The molecule has 2 aromatic rings. The highest BCUT2D eigenvalue weighted by Crippen LogP contribution is 2.31. The van der Waals surface area contributed by atoms with Crippen molar-refractivity contribution in [2.75, 3.05) is 26.2 Å². The minimum Gasteiger partial charge on any atom is -0.337 e. The summed E-state index contributed by atoms with van der Waals surface area (Å²) in [7, 11) is 0. The molecule has 4 amide bonds. The molecule has 0 radical (unpaired) electrons. The Morgan fingerprint density at radius 2 is 1.84 bits per heavy atom. The van der Waals surface area contributed by atoms with Gasteiger partial charge in [-0.3, -0.25) is 9.59 Å². The zero-order valence-corrected chi connectivity index (χ0v) is 21.8. The van der Waals surface area contributed by atoms with Crippen LogP contribution in [0.2, 0.25) is 0 Å². The Labute approximate surface area is 223 Å². The van der Waals surface area contributed by atoms with Gasteiger partial charge in [0.2, 0.25) is 11.8 Å². The summed E-state index contributed by atoms with van der Waals surface area (Å²) >= 11 is 0. The first-order valence-corrected chi connectivity index (χ1v) is 13.0. The predicted octanol–water partition coefficient (Wildman–Crippen LogP) is 2.86. The lowest BCUT2D eigenvalue weighted by Gasteiger charge is -2.55. The van der Waals surface area contributed by atoms with Crippen LogP contribution in [0, 0.1) is 24.1 Å². The van der Waals surface area contributed by atoms with Gasteiger partial charge in [-0.25, -0.2) is 14.2 Å². The molecule has 3 atom stereocenters. The smallest absolute Gasteiger partial charge is 0.334 e. The number of hydrogen-bond donors (Lipinski definition) is 1. The van der Waals surface area contributed by atoms with E-state index in [1.165, 1.54) is 17.1 Å². The highest BCUT2D eigenvalue weighted by Gasteiger charge is 2.52. The van der Waals surface area contributed by atoms with Gasteiger partial charge in [-0.05, 0) is 35.6 Å². The average molecular weight is 520 g/mol. The number of nitrogens with zero attached hydrogens (tertiary/aromatic N) is 4. The van der Waals surface area contributed by atoms with Crippen molar-refractivity contribution in [1.29, 1.82) is 0 Å². The molecule has 2 aliphatic heterocycles. The van der Waals surface area contributed by atoms with E-state index in [1.807, 2.05) is 44.2 Å². The lowest BCUT2D eigenvalue weighted by Crippen LogP contribution is -2.77. The third kappa shape index (κ3) is 5.81. The van der Waals surface area contributed by atoms with Crippen LogP contribution in [0.25, 0.3) is 0 Å². The highest BCUT2D eigenvalue weighted by atomic mass is 19.1. The summed E-state index contributed by atoms with van der Waals surface area (Å²) in [6, 6.07) is 14.6. The van der Waals surface area contributed by atoms with Crippen molar-refractivity contribution in [3.05, 3.63) is 71.5 Å². The van der Waals surface area contributed by atoms with Gasteiger partial charge in [0.1, 0.15) is 18.0 Å². The zero-order valence-electron chi connectivity index (χ0n) is 21.8. The van der Waals surface area contributed by atoms with Gasteiger partial charge in [0, 0.05) is 13.1 Å². The number of nitrogens with one attached hydrogen (secondary N) is 1.